The maximum atomic E-state index is 12.8. The van der Waals surface area contributed by atoms with Crippen LogP contribution in [0.2, 0.25) is 0 Å². The number of benzene rings is 1. The van der Waals surface area contributed by atoms with Crippen molar-refractivity contribution < 1.29 is 18.0 Å². The second-order valence-electron chi connectivity index (χ2n) is 6.23. The van der Waals surface area contributed by atoms with Gasteiger partial charge in [0.25, 0.3) is 5.91 Å². The fraction of sp³-hybridized carbons (Fsp3) is 0.353. The molecule has 0 radical (unpaired) electrons. The molecule has 0 aliphatic heterocycles. The molecule has 1 saturated carbocycles. The van der Waals surface area contributed by atoms with Gasteiger partial charge < -0.3 is 5.32 Å². The maximum absolute atomic E-state index is 12.8. The molecule has 1 heterocycles. The molecule has 2 unspecified atom stereocenters. The fourth-order valence-electron chi connectivity index (χ4n) is 2.74. The first-order chi connectivity index (χ1) is 12.2. The topological polar surface area (TPSA) is 76.0 Å². The summed E-state index contributed by atoms with van der Waals surface area (Å²) in [5.41, 5.74) is 2.69. The lowest BCUT2D eigenvalue weighted by Crippen LogP contribution is -2.36. The first-order valence-electron chi connectivity index (χ1n) is 8.00. The summed E-state index contributed by atoms with van der Waals surface area (Å²) in [6.07, 6.45) is -2.61. The van der Waals surface area contributed by atoms with Crippen molar-refractivity contribution in [3.05, 3.63) is 63.6 Å². The van der Waals surface area contributed by atoms with Crippen LogP contribution in [0, 0.1) is 6.92 Å². The predicted molar refractivity (Wildman–Crippen MR) is 88.2 cm³/mol. The Kier molecular flexibility index (Phi) is 4.82. The first kappa shape index (κ1) is 18.1. The van der Waals surface area contributed by atoms with Gasteiger partial charge in [0.1, 0.15) is 0 Å². The van der Waals surface area contributed by atoms with Crippen molar-refractivity contribution in [2.75, 3.05) is 12.0 Å². The van der Waals surface area contributed by atoms with E-state index < -0.39 is 11.7 Å². The highest BCUT2D eigenvalue weighted by Crippen LogP contribution is 2.42. The van der Waals surface area contributed by atoms with Gasteiger partial charge in [-0.15, -0.1) is 0 Å². The monoisotopic (exact) mass is 366 g/mol. The number of nitrogens with one attached hydrogen (secondary N) is 2. The van der Waals surface area contributed by atoms with Gasteiger partial charge in [-0.25, -0.2) is 5.43 Å². The Hall–Kier alpha value is -2.68. The summed E-state index contributed by atoms with van der Waals surface area (Å²) in [6, 6.07) is 6.54. The molecule has 26 heavy (non-hydrogen) atoms. The van der Waals surface area contributed by atoms with E-state index in [0.29, 0.717) is 17.7 Å². The molecule has 0 saturated heterocycles. The van der Waals surface area contributed by atoms with Crippen molar-refractivity contribution in [3.63, 3.8) is 0 Å². The second kappa shape index (κ2) is 6.91. The number of alkyl halides is 3. The molecule has 1 fully saturated rings. The minimum atomic E-state index is -4.37. The summed E-state index contributed by atoms with van der Waals surface area (Å²) in [5, 5.41) is 6.81. The normalized spacial score (nSPS) is 19.2. The number of hydrogen-bond donors (Lipinski definition) is 2. The van der Waals surface area contributed by atoms with E-state index in [9.17, 15) is 22.8 Å². The minimum Gasteiger partial charge on any atom is -0.305 e. The van der Waals surface area contributed by atoms with Gasteiger partial charge in [-0.3, -0.25) is 9.59 Å². The lowest BCUT2D eigenvalue weighted by molar-refractivity contribution is -0.137. The van der Waals surface area contributed by atoms with Gasteiger partial charge in [0.15, 0.2) is 0 Å². The SMILES string of the molecule is Cc1cc(=O)cnn1NC(=O)CNC1CC1c1cccc(C(F)(F)F)c1. The molecule has 2 aromatic rings. The van der Waals surface area contributed by atoms with E-state index in [4.69, 9.17) is 0 Å². The Balaban J connectivity index is 1.53. The summed E-state index contributed by atoms with van der Waals surface area (Å²) < 4.78 is 38.3. The standard InChI is InChI=1S/C17H17F3N4O2/c1-10-5-13(25)8-22-24(10)23-16(26)9-21-15-7-14(15)11-3-2-4-12(6-11)17(18,19)20/h2-6,8,14-15,21H,7,9H2,1H3,(H,23,26). The Morgan fingerprint density at radius 1 is 1.35 bits per heavy atom. The number of hydrogen-bond acceptors (Lipinski definition) is 4. The van der Waals surface area contributed by atoms with Gasteiger partial charge >= 0.3 is 6.18 Å². The number of halogens is 3. The maximum Gasteiger partial charge on any atom is 0.416 e. The third-order valence-electron chi connectivity index (χ3n) is 4.17. The molecule has 2 atom stereocenters. The third-order valence-corrected chi connectivity index (χ3v) is 4.17. The molecular weight excluding hydrogens is 349 g/mol. The van der Waals surface area contributed by atoms with Crippen LogP contribution < -0.4 is 16.2 Å². The predicted octanol–water partition coefficient (Wildman–Crippen LogP) is 1.79. The molecule has 1 aromatic carbocycles. The number of carbonyl (C=O) groups is 1. The van der Waals surface area contributed by atoms with Crippen LogP contribution >= 0.6 is 0 Å². The molecule has 0 spiro atoms. The molecule has 6 nitrogen and oxygen atoms in total. The van der Waals surface area contributed by atoms with E-state index in [1.165, 1.54) is 16.9 Å². The van der Waals surface area contributed by atoms with Crippen molar-refractivity contribution >= 4 is 5.91 Å². The van der Waals surface area contributed by atoms with E-state index in [0.717, 1.165) is 18.3 Å². The molecule has 3 rings (SSSR count). The number of aromatic nitrogens is 2. The van der Waals surface area contributed by atoms with Crippen LogP contribution in [-0.2, 0) is 11.0 Å². The average Bonchev–Trinajstić information content (AvgIpc) is 3.35. The summed E-state index contributed by atoms with van der Waals surface area (Å²) in [6.45, 7) is 1.63. The quantitative estimate of drug-likeness (QED) is 0.846. The molecule has 2 N–H and O–H groups in total. The number of carbonyl (C=O) groups excluding carboxylic acids is 1. The highest BCUT2D eigenvalue weighted by atomic mass is 19.4. The van der Waals surface area contributed by atoms with Gasteiger partial charge in [0.05, 0.1) is 24.0 Å². The smallest absolute Gasteiger partial charge is 0.305 e. The summed E-state index contributed by atoms with van der Waals surface area (Å²) in [4.78, 5) is 24.3. The molecule has 1 amide bonds. The summed E-state index contributed by atoms with van der Waals surface area (Å²) in [5.74, 6) is -0.406. The molecular formula is C17H17F3N4O2. The zero-order valence-corrected chi connectivity index (χ0v) is 13.9. The Labute approximate surface area is 147 Å². The largest absolute Gasteiger partial charge is 0.416 e. The third kappa shape index (κ3) is 4.29. The molecule has 9 heteroatoms. The molecule has 1 aromatic heterocycles. The van der Waals surface area contributed by atoms with E-state index in [2.05, 4.69) is 15.8 Å². The Morgan fingerprint density at radius 3 is 2.81 bits per heavy atom. The van der Waals surface area contributed by atoms with E-state index in [-0.39, 0.29) is 29.8 Å². The van der Waals surface area contributed by atoms with Crippen molar-refractivity contribution in [1.29, 1.82) is 0 Å². The van der Waals surface area contributed by atoms with Crippen molar-refractivity contribution in [1.82, 2.24) is 15.2 Å². The van der Waals surface area contributed by atoms with Gasteiger partial charge in [0, 0.05) is 18.0 Å². The Morgan fingerprint density at radius 2 is 2.12 bits per heavy atom. The first-order valence-corrected chi connectivity index (χ1v) is 8.00. The lowest BCUT2D eigenvalue weighted by Gasteiger charge is -2.11. The summed E-state index contributed by atoms with van der Waals surface area (Å²) in [7, 11) is 0. The van der Waals surface area contributed by atoms with Gasteiger partial charge in [-0.05, 0) is 25.0 Å². The Bertz CT molecular complexity index is 879. The van der Waals surface area contributed by atoms with Gasteiger partial charge in [-0.2, -0.15) is 23.1 Å². The molecule has 1 aliphatic carbocycles. The zero-order chi connectivity index (χ0) is 18.9. The van der Waals surface area contributed by atoms with Crippen molar-refractivity contribution in [2.45, 2.75) is 31.5 Å². The van der Waals surface area contributed by atoms with Crippen LogP contribution in [0.3, 0.4) is 0 Å². The van der Waals surface area contributed by atoms with Gasteiger partial charge in [0.2, 0.25) is 5.43 Å². The number of nitrogens with zero attached hydrogens (tertiary/aromatic N) is 2. The van der Waals surface area contributed by atoms with Gasteiger partial charge in [-0.1, -0.05) is 18.2 Å². The van der Waals surface area contributed by atoms with E-state index >= 15 is 0 Å². The minimum absolute atomic E-state index is 0.00657. The number of aryl methyl sites for hydroxylation is 1. The van der Waals surface area contributed by atoms with Crippen LogP contribution in [0.4, 0.5) is 13.2 Å². The van der Waals surface area contributed by atoms with Crippen molar-refractivity contribution in [3.8, 4) is 0 Å². The van der Waals surface area contributed by atoms with Crippen LogP contribution in [-0.4, -0.2) is 28.4 Å². The van der Waals surface area contributed by atoms with Crippen molar-refractivity contribution in [2.24, 2.45) is 0 Å². The number of rotatable bonds is 5. The van der Waals surface area contributed by atoms with E-state index in [1.54, 1.807) is 13.0 Å². The van der Waals surface area contributed by atoms with Crippen LogP contribution in [0.5, 0.6) is 0 Å². The van der Waals surface area contributed by atoms with Crippen LogP contribution in [0.25, 0.3) is 0 Å². The fourth-order valence-corrected chi connectivity index (χ4v) is 2.74. The lowest BCUT2D eigenvalue weighted by atomic mass is 10.1. The zero-order valence-electron chi connectivity index (χ0n) is 13.9. The molecule has 138 valence electrons. The highest BCUT2D eigenvalue weighted by Gasteiger charge is 2.39. The van der Waals surface area contributed by atoms with Crippen LogP contribution in [0.15, 0.2) is 41.3 Å². The highest BCUT2D eigenvalue weighted by molar-refractivity contribution is 5.85. The number of amides is 1. The van der Waals surface area contributed by atoms with E-state index in [1.807, 2.05) is 0 Å². The second-order valence-corrected chi connectivity index (χ2v) is 6.23. The average molecular weight is 366 g/mol. The molecule has 1 aliphatic rings. The van der Waals surface area contributed by atoms with Crippen LogP contribution in [0.1, 0.15) is 29.2 Å². The molecule has 0 bridgehead atoms. The summed E-state index contributed by atoms with van der Waals surface area (Å²) >= 11 is 0.